The van der Waals surface area contributed by atoms with Crippen molar-refractivity contribution in [2.45, 2.75) is 58.1 Å². The molecule has 0 saturated carbocycles. The Bertz CT molecular complexity index is 459. The average Bonchev–Trinajstić information content (AvgIpc) is 2.59. The molecule has 1 saturated heterocycles. The number of rotatable bonds is 2. The van der Waals surface area contributed by atoms with Crippen LogP contribution < -0.4 is 4.94 Å². The van der Waals surface area contributed by atoms with Crippen molar-refractivity contribution in [2.24, 2.45) is 0 Å². The third kappa shape index (κ3) is 7.41. The van der Waals surface area contributed by atoms with Crippen molar-refractivity contribution in [3.8, 4) is 5.88 Å². The van der Waals surface area contributed by atoms with Gasteiger partial charge in [0.25, 0.3) is 5.88 Å². The highest BCUT2D eigenvalue weighted by atomic mass is 19.4. The monoisotopic (exact) mass is 357 g/mol. The van der Waals surface area contributed by atoms with Gasteiger partial charge >= 0.3 is 6.18 Å². The Balaban J connectivity index is 0.000000405. The van der Waals surface area contributed by atoms with E-state index in [1.807, 2.05) is 20.8 Å². The van der Waals surface area contributed by atoms with E-state index in [2.05, 4.69) is 9.93 Å². The van der Waals surface area contributed by atoms with E-state index >= 15 is 0 Å². The molecule has 1 fully saturated rings. The summed E-state index contributed by atoms with van der Waals surface area (Å²) in [6, 6.07) is 2.71. The molecule has 1 aromatic rings. The molecular formula is C15H23F4NO4. The molecule has 1 aliphatic rings. The summed E-state index contributed by atoms with van der Waals surface area (Å²) in [5.41, 5.74) is -1.18. The minimum Gasteiger partial charge on any atom is -0.390 e. The summed E-state index contributed by atoms with van der Waals surface area (Å²) in [6.45, 7) is 6.50. The van der Waals surface area contributed by atoms with E-state index in [-0.39, 0.29) is 6.10 Å². The van der Waals surface area contributed by atoms with Crippen LogP contribution >= 0.6 is 0 Å². The van der Waals surface area contributed by atoms with Gasteiger partial charge in [0, 0.05) is 17.2 Å². The van der Waals surface area contributed by atoms with E-state index in [1.54, 1.807) is 0 Å². The smallest absolute Gasteiger partial charge is 0.390 e. The normalized spacial score (nSPS) is 23.3. The number of ether oxygens (including phenoxy) is 1. The lowest BCUT2D eigenvalue weighted by atomic mass is 10.0. The second-order valence-electron chi connectivity index (χ2n) is 4.60. The molecule has 3 atom stereocenters. The maximum Gasteiger partial charge on any atom is 0.433 e. The third-order valence-corrected chi connectivity index (χ3v) is 3.02. The number of alkyl halides is 3. The molecule has 0 radical (unpaired) electrons. The second-order valence-corrected chi connectivity index (χ2v) is 4.60. The lowest BCUT2D eigenvalue weighted by Crippen LogP contribution is -2.43. The molecule has 5 nitrogen and oxygen atoms in total. The molecule has 1 aliphatic heterocycles. The minimum atomic E-state index is -4.57. The van der Waals surface area contributed by atoms with Crippen LogP contribution in [0.3, 0.4) is 0 Å². The Kier molecular flexibility index (Phi) is 10.5. The molecule has 0 amide bonds. The van der Waals surface area contributed by atoms with Crippen molar-refractivity contribution in [2.75, 3.05) is 6.61 Å². The van der Waals surface area contributed by atoms with Crippen LogP contribution in [0.2, 0.25) is 0 Å². The molecule has 0 spiro atoms. The van der Waals surface area contributed by atoms with E-state index in [0.717, 1.165) is 24.6 Å². The van der Waals surface area contributed by atoms with E-state index < -0.39 is 30.0 Å². The van der Waals surface area contributed by atoms with Crippen molar-refractivity contribution in [1.82, 2.24) is 4.98 Å². The first-order valence-corrected chi connectivity index (χ1v) is 7.60. The van der Waals surface area contributed by atoms with Crippen LogP contribution in [0.25, 0.3) is 0 Å². The fraction of sp³-hybridized carbons (Fsp3) is 0.667. The van der Waals surface area contributed by atoms with Gasteiger partial charge in [-0.25, -0.2) is 4.98 Å². The van der Waals surface area contributed by atoms with Crippen molar-refractivity contribution >= 4 is 0 Å². The molecule has 1 aromatic heterocycles. The quantitative estimate of drug-likeness (QED) is 0.795. The van der Waals surface area contributed by atoms with E-state index in [1.165, 1.54) is 0 Å². The fourth-order valence-corrected chi connectivity index (χ4v) is 1.83. The number of hydrogen-bond acceptors (Lipinski definition) is 5. The predicted molar refractivity (Wildman–Crippen MR) is 79.0 cm³/mol. The molecule has 0 aromatic carbocycles. The lowest BCUT2D eigenvalue weighted by molar-refractivity contribution is -0.142. The Hall–Kier alpha value is -1.45. The van der Waals surface area contributed by atoms with Gasteiger partial charge in [-0.1, -0.05) is 26.8 Å². The van der Waals surface area contributed by atoms with E-state index in [9.17, 15) is 22.8 Å². The maximum absolute atomic E-state index is 11.9. The van der Waals surface area contributed by atoms with Crippen LogP contribution in [0, 0.1) is 0 Å². The molecule has 140 valence electrons. The topological polar surface area (TPSA) is 71.8 Å². The number of aliphatic hydroxyl groups excluding tert-OH is 2. The van der Waals surface area contributed by atoms with Crippen molar-refractivity contribution < 1.29 is 37.6 Å². The zero-order valence-electron chi connectivity index (χ0n) is 13.8. The molecule has 9 heteroatoms. The van der Waals surface area contributed by atoms with E-state index in [0.29, 0.717) is 13.0 Å². The van der Waals surface area contributed by atoms with Crippen LogP contribution in [0.1, 0.15) is 39.3 Å². The van der Waals surface area contributed by atoms with Gasteiger partial charge in [0.1, 0.15) is 11.8 Å². The Labute approximate surface area is 138 Å². The number of aliphatic hydroxyl groups is 2. The van der Waals surface area contributed by atoms with Gasteiger partial charge < -0.3 is 14.9 Å². The van der Waals surface area contributed by atoms with Crippen molar-refractivity contribution in [1.29, 1.82) is 0 Å². The molecule has 0 aliphatic carbocycles. The first-order valence-electron chi connectivity index (χ1n) is 7.60. The molecule has 3 unspecified atom stereocenters. The Morgan fingerprint density at radius 1 is 1.29 bits per heavy atom. The predicted octanol–water partition coefficient (Wildman–Crippen LogP) is 3.30. The molecule has 0 bridgehead atoms. The zero-order chi connectivity index (χ0) is 18.8. The van der Waals surface area contributed by atoms with Gasteiger partial charge in [-0.05, 0) is 18.9 Å². The highest BCUT2D eigenvalue weighted by Gasteiger charge is 2.32. The molecule has 2 heterocycles. The molecule has 24 heavy (non-hydrogen) atoms. The summed E-state index contributed by atoms with van der Waals surface area (Å²) in [5, 5.41) is 18.4. The lowest BCUT2D eigenvalue weighted by Gasteiger charge is -2.31. The number of hydrogen-bond donors (Lipinski definition) is 2. The molecule has 2 rings (SSSR count). The number of pyridine rings is 1. The first-order chi connectivity index (χ1) is 11.3. The number of halogens is 4. The summed E-state index contributed by atoms with van der Waals surface area (Å²) < 4.78 is 52.2. The van der Waals surface area contributed by atoms with Gasteiger partial charge in [0.05, 0.1) is 12.2 Å². The van der Waals surface area contributed by atoms with Crippen LogP contribution in [0.5, 0.6) is 5.88 Å². The standard InChI is InChI=1S/C7H14O3.C6H3F4NO.C2H6/c1-2-6-7(9)5(8)3-4-10-6;7-6(8,9)4-2-1-3-5(11-4)12-10;1-2/h5-9H,2-4H2,1H3;1-3H;1-2H3. The Morgan fingerprint density at radius 3 is 2.38 bits per heavy atom. The Morgan fingerprint density at radius 2 is 1.92 bits per heavy atom. The van der Waals surface area contributed by atoms with Gasteiger partial charge in [0.15, 0.2) is 0 Å². The summed E-state index contributed by atoms with van der Waals surface area (Å²) >= 11 is 0. The van der Waals surface area contributed by atoms with Crippen molar-refractivity contribution in [3.05, 3.63) is 23.9 Å². The van der Waals surface area contributed by atoms with Crippen LogP contribution in [0.15, 0.2) is 18.2 Å². The van der Waals surface area contributed by atoms with Crippen LogP contribution in [0.4, 0.5) is 17.7 Å². The van der Waals surface area contributed by atoms with Gasteiger partial charge in [-0.15, -0.1) is 0 Å². The number of aromatic nitrogens is 1. The van der Waals surface area contributed by atoms with Gasteiger partial charge in [0.2, 0.25) is 0 Å². The largest absolute Gasteiger partial charge is 0.433 e. The summed E-state index contributed by atoms with van der Waals surface area (Å²) in [6.07, 6.45) is -4.69. The summed E-state index contributed by atoms with van der Waals surface area (Å²) in [7, 11) is 0. The fourth-order valence-electron chi connectivity index (χ4n) is 1.83. The van der Waals surface area contributed by atoms with Gasteiger partial charge in [-0.3, -0.25) is 4.94 Å². The molecular weight excluding hydrogens is 334 g/mol. The van der Waals surface area contributed by atoms with E-state index in [4.69, 9.17) is 9.84 Å². The molecule has 2 N–H and O–H groups in total. The van der Waals surface area contributed by atoms with Crippen LogP contribution in [-0.2, 0) is 10.9 Å². The zero-order valence-corrected chi connectivity index (χ0v) is 13.8. The average molecular weight is 357 g/mol. The minimum absolute atomic E-state index is 0.163. The first kappa shape index (κ1) is 22.6. The highest BCUT2D eigenvalue weighted by molar-refractivity contribution is 5.17. The van der Waals surface area contributed by atoms with Gasteiger partial charge in [-0.2, -0.15) is 13.2 Å². The summed E-state index contributed by atoms with van der Waals surface area (Å²) in [4.78, 5) is 5.88. The van der Waals surface area contributed by atoms with Crippen molar-refractivity contribution in [3.63, 3.8) is 0 Å². The SMILES string of the molecule is CC.CCC1OCCC(O)C1O.FOc1cccc(C(F)(F)F)n1. The third-order valence-electron chi connectivity index (χ3n) is 3.02. The maximum atomic E-state index is 11.9. The second kappa shape index (κ2) is 11.2. The number of nitrogens with zero attached hydrogens (tertiary/aromatic N) is 1. The highest BCUT2D eigenvalue weighted by Crippen LogP contribution is 2.28. The summed E-state index contributed by atoms with van der Waals surface area (Å²) in [5.74, 6) is -0.704. The van der Waals surface area contributed by atoms with Crippen LogP contribution in [-0.4, -0.2) is 40.1 Å².